The fraction of sp³-hybridized carbons (Fsp3) is 0.600. The molecular formula is C5H7NOS. The molecule has 0 spiro atoms. The summed E-state index contributed by atoms with van der Waals surface area (Å²) in [7, 11) is 0. The predicted molar refractivity (Wildman–Crippen MR) is 34.8 cm³/mol. The number of carbonyl (C=O) groups is 1. The van der Waals surface area contributed by atoms with Crippen molar-refractivity contribution in [3.05, 3.63) is 0 Å². The Kier molecular flexibility index (Phi) is 1.58. The molecular weight excluding hydrogens is 122 g/mol. The fourth-order valence-electron chi connectivity index (χ4n) is 0.671. The van der Waals surface area contributed by atoms with E-state index in [1.807, 2.05) is 0 Å². The van der Waals surface area contributed by atoms with Crippen LogP contribution < -0.4 is 5.32 Å². The number of thiocarbonyl (C=S) groups is 1. The van der Waals surface area contributed by atoms with Gasteiger partial charge in [-0.05, 0) is 0 Å². The van der Waals surface area contributed by atoms with Gasteiger partial charge in [-0.1, -0.05) is 12.2 Å². The Labute approximate surface area is 53.3 Å². The summed E-state index contributed by atoms with van der Waals surface area (Å²) in [5.41, 5.74) is 0. The van der Waals surface area contributed by atoms with Gasteiger partial charge in [0, 0.05) is 13.0 Å². The first kappa shape index (κ1) is 5.69. The second-order valence-corrected chi connectivity index (χ2v) is 2.31. The van der Waals surface area contributed by atoms with Crippen molar-refractivity contribution in [3.63, 3.8) is 0 Å². The van der Waals surface area contributed by atoms with E-state index in [0.29, 0.717) is 17.8 Å². The number of hydrogen-bond donors (Lipinski definition) is 1. The molecule has 3 heteroatoms. The molecule has 0 radical (unpaired) electrons. The third kappa shape index (κ3) is 1.26. The first-order valence-electron chi connectivity index (χ1n) is 2.57. The Morgan fingerprint density at radius 3 is 2.75 bits per heavy atom. The zero-order valence-corrected chi connectivity index (χ0v) is 5.25. The normalized spacial score (nSPS) is 20.5. The quantitative estimate of drug-likeness (QED) is 0.476. The number of nitrogens with one attached hydrogen (secondary N) is 1. The van der Waals surface area contributed by atoms with Crippen LogP contribution in [0, 0.1) is 0 Å². The molecule has 0 unspecified atom stereocenters. The van der Waals surface area contributed by atoms with Gasteiger partial charge >= 0.3 is 0 Å². The van der Waals surface area contributed by atoms with Crippen LogP contribution in [0.15, 0.2) is 0 Å². The molecule has 2 nitrogen and oxygen atoms in total. The van der Waals surface area contributed by atoms with E-state index in [1.54, 1.807) is 0 Å². The Bertz CT molecular complexity index is 118. The Balaban J connectivity index is 2.45. The van der Waals surface area contributed by atoms with Crippen LogP contribution in [0.5, 0.6) is 0 Å². The van der Waals surface area contributed by atoms with Crippen molar-refractivity contribution in [2.75, 3.05) is 6.54 Å². The van der Waals surface area contributed by atoms with Crippen LogP contribution in [0.1, 0.15) is 12.8 Å². The van der Waals surface area contributed by atoms with E-state index in [-0.39, 0.29) is 5.78 Å². The Morgan fingerprint density at radius 1 is 1.62 bits per heavy atom. The summed E-state index contributed by atoms with van der Waals surface area (Å²) < 4.78 is 0. The Morgan fingerprint density at radius 2 is 2.38 bits per heavy atom. The summed E-state index contributed by atoms with van der Waals surface area (Å²) in [6.45, 7) is 0.734. The van der Waals surface area contributed by atoms with Gasteiger partial charge in [-0.15, -0.1) is 0 Å². The van der Waals surface area contributed by atoms with Crippen LogP contribution in [-0.2, 0) is 4.79 Å². The van der Waals surface area contributed by atoms with Gasteiger partial charge in [-0.3, -0.25) is 4.79 Å². The van der Waals surface area contributed by atoms with Crippen molar-refractivity contribution >= 4 is 23.0 Å². The van der Waals surface area contributed by atoms with Crippen molar-refractivity contribution in [1.82, 2.24) is 5.32 Å². The highest BCUT2D eigenvalue weighted by Gasteiger charge is 2.10. The van der Waals surface area contributed by atoms with Crippen LogP contribution in [0.4, 0.5) is 0 Å². The van der Waals surface area contributed by atoms with Crippen LogP contribution in [0.2, 0.25) is 0 Å². The molecule has 8 heavy (non-hydrogen) atoms. The molecule has 0 bridgehead atoms. The summed E-state index contributed by atoms with van der Waals surface area (Å²) in [5.74, 6) is 0.258. The van der Waals surface area contributed by atoms with Crippen LogP contribution >= 0.6 is 12.2 Å². The van der Waals surface area contributed by atoms with Gasteiger partial charge in [0.05, 0.1) is 11.4 Å². The molecule has 0 aliphatic carbocycles. The lowest BCUT2D eigenvalue weighted by Gasteiger charge is -2.11. The largest absolute Gasteiger partial charge is 0.379 e. The van der Waals surface area contributed by atoms with Crippen molar-refractivity contribution in [1.29, 1.82) is 0 Å². The van der Waals surface area contributed by atoms with E-state index < -0.39 is 0 Å². The molecule has 1 saturated heterocycles. The maximum atomic E-state index is 10.5. The zero-order chi connectivity index (χ0) is 5.98. The van der Waals surface area contributed by atoms with Crippen molar-refractivity contribution in [3.8, 4) is 0 Å². The molecule has 0 aromatic carbocycles. The molecule has 0 atom stereocenters. The van der Waals surface area contributed by atoms with Crippen LogP contribution in [0.3, 0.4) is 0 Å². The van der Waals surface area contributed by atoms with E-state index in [4.69, 9.17) is 12.2 Å². The summed E-state index contributed by atoms with van der Waals surface area (Å²) in [4.78, 5) is 11.2. The van der Waals surface area contributed by atoms with Crippen LogP contribution in [0.25, 0.3) is 0 Å². The van der Waals surface area contributed by atoms with E-state index in [1.165, 1.54) is 0 Å². The molecule has 1 N–H and O–H groups in total. The lowest BCUT2D eigenvalue weighted by Crippen LogP contribution is -2.32. The van der Waals surface area contributed by atoms with Gasteiger partial charge in [0.2, 0.25) is 0 Å². The topological polar surface area (TPSA) is 29.1 Å². The smallest absolute Gasteiger partial charge is 0.141 e. The number of rotatable bonds is 0. The minimum atomic E-state index is 0.258. The fourth-order valence-corrected chi connectivity index (χ4v) is 0.934. The Hall–Kier alpha value is -0.440. The number of piperidine rings is 1. The monoisotopic (exact) mass is 129 g/mol. The van der Waals surface area contributed by atoms with Gasteiger partial charge < -0.3 is 5.32 Å². The van der Waals surface area contributed by atoms with Gasteiger partial charge in [0.25, 0.3) is 0 Å². The van der Waals surface area contributed by atoms with Crippen LogP contribution in [-0.4, -0.2) is 17.3 Å². The highest BCUT2D eigenvalue weighted by atomic mass is 32.1. The van der Waals surface area contributed by atoms with Crippen molar-refractivity contribution < 1.29 is 4.79 Å². The summed E-state index contributed by atoms with van der Waals surface area (Å²) in [6, 6.07) is 0. The molecule has 1 rings (SSSR count). The summed E-state index contributed by atoms with van der Waals surface area (Å²) in [5, 5.41) is 2.92. The van der Waals surface area contributed by atoms with E-state index in [0.717, 1.165) is 6.54 Å². The molecule has 0 aromatic rings. The van der Waals surface area contributed by atoms with Gasteiger partial charge in [-0.2, -0.15) is 0 Å². The first-order valence-corrected chi connectivity index (χ1v) is 2.98. The number of hydrogen-bond acceptors (Lipinski definition) is 2. The maximum Gasteiger partial charge on any atom is 0.141 e. The highest BCUT2D eigenvalue weighted by molar-refractivity contribution is 7.80. The zero-order valence-electron chi connectivity index (χ0n) is 4.44. The van der Waals surface area contributed by atoms with E-state index in [9.17, 15) is 4.79 Å². The van der Waals surface area contributed by atoms with Gasteiger partial charge in [-0.25, -0.2) is 0 Å². The third-order valence-electron chi connectivity index (χ3n) is 1.08. The van der Waals surface area contributed by atoms with Gasteiger partial charge in [0.15, 0.2) is 0 Å². The molecule has 0 saturated carbocycles. The molecule has 1 aliphatic rings. The molecule has 1 heterocycles. The number of Topliss-reactive ketones (excluding diaryl/α,β-unsaturated/α-hetero) is 1. The first-order chi connectivity index (χ1) is 3.79. The summed E-state index contributed by atoms with van der Waals surface area (Å²) >= 11 is 4.75. The lowest BCUT2D eigenvalue weighted by atomic mass is 10.1. The second kappa shape index (κ2) is 2.22. The van der Waals surface area contributed by atoms with E-state index in [2.05, 4.69) is 5.32 Å². The molecule has 1 fully saturated rings. The maximum absolute atomic E-state index is 10.5. The van der Waals surface area contributed by atoms with Crippen molar-refractivity contribution in [2.45, 2.75) is 12.8 Å². The SMILES string of the molecule is O=C1CCNC(=S)C1. The van der Waals surface area contributed by atoms with Crippen molar-refractivity contribution in [2.24, 2.45) is 0 Å². The van der Waals surface area contributed by atoms with E-state index >= 15 is 0 Å². The molecule has 0 amide bonds. The number of ketones is 1. The second-order valence-electron chi connectivity index (χ2n) is 1.82. The van der Waals surface area contributed by atoms with Gasteiger partial charge in [0.1, 0.15) is 5.78 Å². The molecule has 1 aliphatic heterocycles. The standard InChI is InChI=1S/C5H7NOS/c7-4-1-2-6-5(8)3-4/h1-3H2,(H,6,8). The third-order valence-corrected chi connectivity index (χ3v) is 1.37. The minimum absolute atomic E-state index is 0.258. The number of carbonyl (C=O) groups excluding carboxylic acids is 1. The average molecular weight is 129 g/mol. The molecule has 0 aromatic heterocycles. The predicted octanol–water partition coefficient (Wildman–Crippen LogP) is 0.266. The summed E-state index contributed by atoms with van der Waals surface area (Å²) in [6.07, 6.45) is 1.09. The average Bonchev–Trinajstić information content (AvgIpc) is 1.64. The minimum Gasteiger partial charge on any atom is -0.379 e. The lowest BCUT2D eigenvalue weighted by molar-refractivity contribution is -0.118. The highest BCUT2D eigenvalue weighted by Crippen LogP contribution is 1.96. The molecule has 44 valence electrons.